The van der Waals surface area contributed by atoms with Gasteiger partial charge in [-0.05, 0) is 27.5 Å². The molecule has 0 fully saturated rings. The number of nitrogens with one attached hydrogen (secondary N) is 1. The first-order valence-electron chi connectivity index (χ1n) is 10.3. The molecule has 1 amide bonds. The molecule has 0 spiro atoms. The Balaban J connectivity index is 1.47. The fraction of sp³-hybridized carbons (Fsp3) is 0.160. The lowest BCUT2D eigenvalue weighted by molar-refractivity contribution is -0.117. The molecule has 0 atom stereocenters. The summed E-state index contributed by atoms with van der Waals surface area (Å²) in [6, 6.07) is 21.7. The van der Waals surface area contributed by atoms with E-state index in [1.54, 1.807) is 4.90 Å². The van der Waals surface area contributed by atoms with Crippen molar-refractivity contribution in [2.24, 2.45) is 5.73 Å². The highest BCUT2D eigenvalue weighted by Crippen LogP contribution is 2.25. The Morgan fingerprint density at radius 3 is 2.50 bits per heavy atom. The molecule has 0 aliphatic heterocycles. The number of primary amides is 1. The maximum Gasteiger partial charge on any atom is 0.221 e. The van der Waals surface area contributed by atoms with Gasteiger partial charge in [0.05, 0.1) is 6.42 Å². The lowest BCUT2D eigenvalue weighted by Gasteiger charge is -2.20. The van der Waals surface area contributed by atoms with E-state index >= 15 is 4.39 Å². The van der Waals surface area contributed by atoms with Crippen LogP contribution in [0.3, 0.4) is 0 Å². The van der Waals surface area contributed by atoms with Crippen LogP contribution in [0.1, 0.15) is 16.7 Å². The maximum atomic E-state index is 15.2. The molecule has 0 bridgehead atoms. The van der Waals surface area contributed by atoms with Crippen LogP contribution in [0.5, 0.6) is 0 Å². The molecule has 4 aromatic rings. The summed E-state index contributed by atoms with van der Waals surface area (Å²) in [7, 11) is 1.81. The second kappa shape index (κ2) is 9.43. The highest BCUT2D eigenvalue weighted by atomic mass is 19.1. The lowest BCUT2D eigenvalue weighted by atomic mass is 10.0. The highest BCUT2D eigenvalue weighted by molar-refractivity contribution is 5.85. The summed E-state index contributed by atoms with van der Waals surface area (Å²) >= 11 is 0. The molecule has 3 aromatic carbocycles. The fourth-order valence-corrected chi connectivity index (χ4v) is 3.67. The second-order valence-corrected chi connectivity index (χ2v) is 7.67. The van der Waals surface area contributed by atoms with Crippen molar-refractivity contribution < 1.29 is 9.18 Å². The van der Waals surface area contributed by atoms with Gasteiger partial charge in [0.2, 0.25) is 11.7 Å². The minimum absolute atomic E-state index is 0.140. The summed E-state index contributed by atoms with van der Waals surface area (Å²) in [5, 5.41) is 5.31. The number of rotatable bonds is 8. The Hall–Kier alpha value is -4.00. The van der Waals surface area contributed by atoms with Crippen molar-refractivity contribution in [3.8, 4) is 0 Å². The SMILES string of the molecule is CN(Cc1cccc2ccccc12)c1ncnc(NCc2ccc(CC(N)=O)cc2)c1F. The normalized spacial score (nSPS) is 10.8. The van der Waals surface area contributed by atoms with Gasteiger partial charge in [-0.25, -0.2) is 9.97 Å². The smallest absolute Gasteiger partial charge is 0.221 e. The predicted molar refractivity (Wildman–Crippen MR) is 125 cm³/mol. The van der Waals surface area contributed by atoms with Gasteiger partial charge in [-0.1, -0.05) is 66.7 Å². The van der Waals surface area contributed by atoms with Crippen molar-refractivity contribution >= 4 is 28.3 Å². The average molecular weight is 429 g/mol. The van der Waals surface area contributed by atoms with Gasteiger partial charge in [0.15, 0.2) is 11.6 Å². The number of benzene rings is 3. The molecule has 0 aliphatic rings. The number of hydrogen-bond acceptors (Lipinski definition) is 5. The predicted octanol–water partition coefficient (Wildman–Crippen LogP) is 4.05. The van der Waals surface area contributed by atoms with Crippen LogP contribution >= 0.6 is 0 Å². The number of nitrogens with zero attached hydrogens (tertiary/aromatic N) is 3. The number of carbonyl (C=O) groups excluding carboxylic acids is 1. The van der Waals surface area contributed by atoms with Gasteiger partial charge >= 0.3 is 0 Å². The second-order valence-electron chi connectivity index (χ2n) is 7.67. The van der Waals surface area contributed by atoms with E-state index in [-0.39, 0.29) is 24.0 Å². The van der Waals surface area contributed by atoms with Gasteiger partial charge in [0.25, 0.3) is 0 Å². The van der Waals surface area contributed by atoms with Gasteiger partial charge in [0.1, 0.15) is 6.33 Å². The molecule has 1 heterocycles. The van der Waals surface area contributed by atoms with Crippen LogP contribution in [0.2, 0.25) is 0 Å². The van der Waals surface area contributed by atoms with E-state index in [9.17, 15) is 4.79 Å². The molecule has 32 heavy (non-hydrogen) atoms. The quantitative estimate of drug-likeness (QED) is 0.442. The van der Waals surface area contributed by atoms with Crippen LogP contribution in [-0.2, 0) is 24.3 Å². The molecule has 0 saturated carbocycles. The monoisotopic (exact) mass is 429 g/mol. The third kappa shape index (κ3) is 4.83. The Morgan fingerprint density at radius 1 is 1.00 bits per heavy atom. The van der Waals surface area contributed by atoms with E-state index in [0.29, 0.717) is 13.1 Å². The van der Waals surface area contributed by atoms with E-state index in [0.717, 1.165) is 27.5 Å². The van der Waals surface area contributed by atoms with Crippen molar-refractivity contribution in [2.45, 2.75) is 19.5 Å². The van der Waals surface area contributed by atoms with Crippen molar-refractivity contribution in [2.75, 3.05) is 17.3 Å². The van der Waals surface area contributed by atoms with Gasteiger partial charge in [0, 0.05) is 20.1 Å². The lowest BCUT2D eigenvalue weighted by Crippen LogP contribution is -2.20. The molecule has 0 radical (unpaired) electrons. The third-order valence-corrected chi connectivity index (χ3v) is 5.28. The molecule has 7 heteroatoms. The molecular formula is C25H24FN5O. The summed E-state index contributed by atoms with van der Waals surface area (Å²) in [5.41, 5.74) is 8.08. The molecule has 162 valence electrons. The fourth-order valence-electron chi connectivity index (χ4n) is 3.67. The number of halogens is 1. The summed E-state index contributed by atoms with van der Waals surface area (Å²) in [6.07, 6.45) is 1.55. The van der Waals surface area contributed by atoms with Gasteiger partial charge < -0.3 is 16.0 Å². The maximum absolute atomic E-state index is 15.2. The van der Waals surface area contributed by atoms with Crippen molar-refractivity contribution in [1.82, 2.24) is 9.97 Å². The first-order valence-corrected chi connectivity index (χ1v) is 10.3. The number of nitrogens with two attached hydrogens (primary N) is 1. The standard InChI is InChI=1S/C25H24FN5O/c1-31(15-20-7-4-6-19-5-2-3-8-21(19)20)25-23(26)24(29-16-30-25)28-14-18-11-9-17(10-12-18)13-22(27)32/h2-12,16H,13-15H2,1H3,(H2,27,32)(H,28,29,30). The molecular weight excluding hydrogens is 405 g/mol. The minimum Gasteiger partial charge on any atom is -0.369 e. The van der Waals surface area contributed by atoms with Gasteiger partial charge in [-0.2, -0.15) is 4.39 Å². The van der Waals surface area contributed by atoms with Gasteiger partial charge in [-0.15, -0.1) is 0 Å². The minimum atomic E-state index is -0.499. The van der Waals surface area contributed by atoms with Crippen LogP contribution in [0.4, 0.5) is 16.0 Å². The molecule has 0 saturated heterocycles. The zero-order valence-corrected chi connectivity index (χ0v) is 17.8. The van der Waals surface area contributed by atoms with Crippen molar-refractivity contribution in [3.05, 3.63) is 95.6 Å². The summed E-state index contributed by atoms with van der Waals surface area (Å²) in [4.78, 5) is 21.0. The number of amides is 1. The number of hydrogen-bond donors (Lipinski definition) is 2. The number of anilines is 2. The van der Waals surface area contributed by atoms with Crippen LogP contribution in [0, 0.1) is 5.82 Å². The van der Waals surface area contributed by atoms with Crippen LogP contribution in [0.25, 0.3) is 10.8 Å². The third-order valence-electron chi connectivity index (χ3n) is 5.28. The zero-order valence-electron chi connectivity index (χ0n) is 17.8. The van der Waals surface area contributed by atoms with E-state index in [1.165, 1.54) is 6.33 Å². The number of carbonyl (C=O) groups is 1. The first-order chi connectivity index (χ1) is 15.5. The van der Waals surface area contributed by atoms with E-state index < -0.39 is 5.82 Å². The molecule has 0 unspecified atom stereocenters. The Morgan fingerprint density at radius 2 is 1.72 bits per heavy atom. The molecule has 0 aliphatic carbocycles. The van der Waals surface area contributed by atoms with Crippen LogP contribution in [0.15, 0.2) is 73.1 Å². The number of fused-ring (bicyclic) bond motifs is 1. The Bertz CT molecular complexity index is 1240. The van der Waals surface area contributed by atoms with Crippen LogP contribution < -0.4 is 16.0 Å². The van der Waals surface area contributed by atoms with E-state index in [1.807, 2.05) is 55.6 Å². The summed E-state index contributed by atoms with van der Waals surface area (Å²) < 4.78 is 15.2. The topological polar surface area (TPSA) is 84.1 Å². The largest absolute Gasteiger partial charge is 0.369 e. The van der Waals surface area contributed by atoms with Gasteiger partial charge in [-0.3, -0.25) is 4.79 Å². The molecule has 4 rings (SSSR count). The highest BCUT2D eigenvalue weighted by Gasteiger charge is 2.16. The molecule has 1 aromatic heterocycles. The summed E-state index contributed by atoms with van der Waals surface area (Å²) in [6.45, 7) is 0.896. The van der Waals surface area contributed by atoms with E-state index in [4.69, 9.17) is 5.73 Å². The Labute approximate surface area is 185 Å². The molecule has 3 N–H and O–H groups in total. The van der Waals surface area contributed by atoms with Crippen molar-refractivity contribution in [3.63, 3.8) is 0 Å². The first kappa shape index (κ1) is 21.2. The van der Waals surface area contributed by atoms with E-state index in [2.05, 4.69) is 33.5 Å². The average Bonchev–Trinajstić information content (AvgIpc) is 2.79. The Kier molecular flexibility index (Phi) is 6.26. The van der Waals surface area contributed by atoms with Crippen LogP contribution in [-0.4, -0.2) is 22.9 Å². The molecule has 6 nitrogen and oxygen atoms in total. The zero-order chi connectivity index (χ0) is 22.5. The van der Waals surface area contributed by atoms with Crippen molar-refractivity contribution in [1.29, 1.82) is 0 Å². The summed E-state index contributed by atoms with van der Waals surface area (Å²) in [5.74, 6) is -0.507. The number of aromatic nitrogens is 2.